The average molecular weight is 329 g/mol. The summed E-state index contributed by atoms with van der Waals surface area (Å²) in [6.45, 7) is 0.0684. The summed E-state index contributed by atoms with van der Waals surface area (Å²) in [6.07, 6.45) is 4.95. The zero-order valence-electron chi connectivity index (χ0n) is 13.6. The first kappa shape index (κ1) is 16.7. The molecule has 2 atom stereocenters. The van der Waals surface area contributed by atoms with E-state index in [0.29, 0.717) is 18.5 Å². The van der Waals surface area contributed by atoms with Crippen LogP contribution in [0.15, 0.2) is 36.5 Å². The molecule has 3 N–H and O–H groups in total. The number of aliphatic hydroxyl groups is 2. The van der Waals surface area contributed by atoms with Gasteiger partial charge < -0.3 is 15.5 Å². The Morgan fingerprint density at radius 1 is 1.29 bits per heavy atom. The maximum atomic E-state index is 12.6. The molecule has 0 bridgehead atoms. The molecule has 1 fully saturated rings. The Morgan fingerprint density at radius 3 is 2.75 bits per heavy atom. The molecule has 1 saturated carbocycles. The van der Waals surface area contributed by atoms with Gasteiger partial charge in [0.1, 0.15) is 0 Å². The van der Waals surface area contributed by atoms with Gasteiger partial charge in [0.05, 0.1) is 17.8 Å². The van der Waals surface area contributed by atoms with Crippen molar-refractivity contribution in [3.63, 3.8) is 0 Å². The molecule has 1 amide bonds. The maximum Gasteiger partial charge on any atom is 0.272 e. The number of aryl methyl sites for hydroxylation is 1. The third-order valence-corrected chi connectivity index (χ3v) is 4.43. The number of hydrogen-bond donors (Lipinski definition) is 3. The summed E-state index contributed by atoms with van der Waals surface area (Å²) >= 11 is 0. The van der Waals surface area contributed by atoms with E-state index in [4.69, 9.17) is 5.11 Å². The fraction of sp³-hybridized carbons (Fsp3) is 0.444. The van der Waals surface area contributed by atoms with Crippen LogP contribution in [0.3, 0.4) is 0 Å². The van der Waals surface area contributed by atoms with Gasteiger partial charge in [0.25, 0.3) is 5.91 Å². The molecule has 3 rings (SSSR count). The summed E-state index contributed by atoms with van der Waals surface area (Å²) in [5, 5.41) is 26.3. The lowest BCUT2D eigenvalue weighted by Crippen LogP contribution is -2.40. The van der Waals surface area contributed by atoms with E-state index < -0.39 is 6.10 Å². The van der Waals surface area contributed by atoms with Gasteiger partial charge in [0.2, 0.25) is 0 Å². The van der Waals surface area contributed by atoms with Crippen molar-refractivity contribution in [3.05, 3.63) is 47.8 Å². The van der Waals surface area contributed by atoms with Gasteiger partial charge >= 0.3 is 0 Å². The van der Waals surface area contributed by atoms with Crippen molar-refractivity contribution < 1.29 is 15.0 Å². The van der Waals surface area contributed by atoms with E-state index in [1.54, 1.807) is 4.68 Å². The number of benzene rings is 1. The SMILES string of the molecule is O=C(NC1CCCC1O)c1nn(-c2ccccc2)cc1CCCO. The fourth-order valence-corrected chi connectivity index (χ4v) is 3.11. The van der Waals surface area contributed by atoms with Crippen LogP contribution in [0.5, 0.6) is 0 Å². The zero-order chi connectivity index (χ0) is 16.9. The van der Waals surface area contributed by atoms with Crippen LogP contribution in [0.25, 0.3) is 5.69 Å². The minimum atomic E-state index is -0.481. The normalized spacial score (nSPS) is 20.2. The lowest BCUT2D eigenvalue weighted by Gasteiger charge is -2.15. The van der Waals surface area contributed by atoms with E-state index in [0.717, 1.165) is 30.5 Å². The van der Waals surface area contributed by atoms with Gasteiger partial charge in [0.15, 0.2) is 5.69 Å². The van der Waals surface area contributed by atoms with Crippen molar-refractivity contribution in [2.45, 2.75) is 44.2 Å². The van der Waals surface area contributed by atoms with Gasteiger partial charge in [-0.15, -0.1) is 0 Å². The Morgan fingerprint density at radius 2 is 2.08 bits per heavy atom. The van der Waals surface area contributed by atoms with Crippen LogP contribution < -0.4 is 5.32 Å². The molecule has 1 aromatic carbocycles. The smallest absolute Gasteiger partial charge is 0.272 e. The second-order valence-electron chi connectivity index (χ2n) is 6.19. The van der Waals surface area contributed by atoms with Crippen LogP contribution >= 0.6 is 0 Å². The molecule has 6 nitrogen and oxygen atoms in total. The lowest BCUT2D eigenvalue weighted by atomic mass is 10.1. The summed E-state index contributed by atoms with van der Waals surface area (Å²) in [5.41, 5.74) is 2.05. The molecule has 0 radical (unpaired) electrons. The molecule has 6 heteroatoms. The summed E-state index contributed by atoms with van der Waals surface area (Å²) in [6, 6.07) is 9.40. The van der Waals surface area contributed by atoms with Gasteiger partial charge in [-0.05, 0) is 44.2 Å². The predicted octanol–water partition coefficient (Wildman–Crippen LogP) is 1.44. The van der Waals surface area contributed by atoms with Crippen LogP contribution in [-0.2, 0) is 6.42 Å². The topological polar surface area (TPSA) is 87.4 Å². The molecular weight excluding hydrogens is 306 g/mol. The van der Waals surface area contributed by atoms with Crippen molar-refractivity contribution >= 4 is 5.91 Å². The number of carbonyl (C=O) groups is 1. The van der Waals surface area contributed by atoms with Gasteiger partial charge in [-0.3, -0.25) is 4.79 Å². The summed E-state index contributed by atoms with van der Waals surface area (Å²) in [4.78, 5) is 12.6. The van der Waals surface area contributed by atoms with Crippen LogP contribution in [0.2, 0.25) is 0 Å². The van der Waals surface area contributed by atoms with E-state index in [-0.39, 0.29) is 18.6 Å². The standard InChI is InChI=1S/C18H23N3O3/c22-11-5-6-13-12-21(14-7-2-1-3-8-14)20-17(13)18(24)19-15-9-4-10-16(15)23/h1-3,7-8,12,15-16,22-23H,4-6,9-11H2,(H,19,24). The highest BCUT2D eigenvalue weighted by Crippen LogP contribution is 2.20. The second kappa shape index (κ2) is 7.59. The number of aliphatic hydroxyl groups excluding tert-OH is 2. The highest BCUT2D eigenvalue weighted by atomic mass is 16.3. The molecule has 0 aliphatic heterocycles. The van der Waals surface area contributed by atoms with Crippen molar-refractivity contribution in [2.75, 3.05) is 6.61 Å². The molecule has 128 valence electrons. The van der Waals surface area contributed by atoms with Crippen LogP contribution in [-0.4, -0.2) is 44.7 Å². The van der Waals surface area contributed by atoms with E-state index in [9.17, 15) is 9.90 Å². The number of hydrogen-bond acceptors (Lipinski definition) is 4. The number of amides is 1. The first-order valence-corrected chi connectivity index (χ1v) is 8.43. The third-order valence-electron chi connectivity index (χ3n) is 4.43. The van der Waals surface area contributed by atoms with Crippen molar-refractivity contribution in [2.24, 2.45) is 0 Å². The third kappa shape index (κ3) is 3.66. The van der Waals surface area contributed by atoms with Gasteiger partial charge in [-0.25, -0.2) is 4.68 Å². The summed E-state index contributed by atoms with van der Waals surface area (Å²) in [5.74, 6) is -0.261. The molecule has 1 heterocycles. The van der Waals surface area contributed by atoms with E-state index in [2.05, 4.69) is 10.4 Å². The minimum absolute atomic E-state index is 0.0684. The monoisotopic (exact) mass is 329 g/mol. The Bertz CT molecular complexity index is 684. The average Bonchev–Trinajstić information content (AvgIpc) is 3.20. The number of para-hydroxylation sites is 1. The molecule has 1 aliphatic carbocycles. The highest BCUT2D eigenvalue weighted by molar-refractivity contribution is 5.94. The first-order valence-electron chi connectivity index (χ1n) is 8.43. The number of carbonyl (C=O) groups excluding carboxylic acids is 1. The molecule has 1 aliphatic rings. The molecule has 0 spiro atoms. The first-order chi connectivity index (χ1) is 11.7. The van der Waals surface area contributed by atoms with Gasteiger partial charge in [0, 0.05) is 18.4 Å². The maximum absolute atomic E-state index is 12.6. The van der Waals surface area contributed by atoms with Crippen LogP contribution in [0, 0.1) is 0 Å². The molecule has 2 aromatic rings. The predicted molar refractivity (Wildman–Crippen MR) is 90.1 cm³/mol. The molecule has 2 unspecified atom stereocenters. The van der Waals surface area contributed by atoms with Crippen molar-refractivity contribution in [1.29, 1.82) is 0 Å². The van der Waals surface area contributed by atoms with E-state index in [1.807, 2.05) is 36.5 Å². The van der Waals surface area contributed by atoms with Gasteiger partial charge in [-0.2, -0.15) is 5.10 Å². The summed E-state index contributed by atoms with van der Waals surface area (Å²) < 4.78 is 1.69. The van der Waals surface area contributed by atoms with E-state index in [1.165, 1.54) is 0 Å². The highest BCUT2D eigenvalue weighted by Gasteiger charge is 2.28. The lowest BCUT2D eigenvalue weighted by molar-refractivity contribution is 0.0867. The molecule has 0 saturated heterocycles. The quantitative estimate of drug-likeness (QED) is 0.748. The van der Waals surface area contributed by atoms with Crippen LogP contribution in [0.4, 0.5) is 0 Å². The number of nitrogens with zero attached hydrogens (tertiary/aromatic N) is 2. The molecule has 1 aromatic heterocycles. The number of aromatic nitrogens is 2. The summed E-state index contributed by atoms with van der Waals surface area (Å²) in [7, 11) is 0. The minimum Gasteiger partial charge on any atom is -0.396 e. The molecular formula is C18H23N3O3. The number of rotatable bonds is 6. The van der Waals surface area contributed by atoms with E-state index >= 15 is 0 Å². The Kier molecular flexibility index (Phi) is 5.27. The Balaban J connectivity index is 1.84. The zero-order valence-corrected chi connectivity index (χ0v) is 13.6. The van der Waals surface area contributed by atoms with Gasteiger partial charge in [-0.1, -0.05) is 18.2 Å². The Hall–Kier alpha value is -2.18. The fourth-order valence-electron chi connectivity index (χ4n) is 3.11. The molecule has 24 heavy (non-hydrogen) atoms. The second-order valence-corrected chi connectivity index (χ2v) is 6.19. The van der Waals surface area contributed by atoms with Crippen molar-refractivity contribution in [1.82, 2.24) is 15.1 Å². The largest absolute Gasteiger partial charge is 0.396 e. The Labute approximate surface area is 141 Å². The van der Waals surface area contributed by atoms with Crippen molar-refractivity contribution in [3.8, 4) is 5.69 Å². The number of nitrogens with one attached hydrogen (secondary N) is 1. The van der Waals surface area contributed by atoms with Crippen LogP contribution in [0.1, 0.15) is 41.7 Å².